The van der Waals surface area contributed by atoms with Crippen molar-refractivity contribution in [1.29, 1.82) is 0 Å². The van der Waals surface area contributed by atoms with E-state index in [0.29, 0.717) is 6.42 Å². The van der Waals surface area contributed by atoms with Gasteiger partial charge in [0.2, 0.25) is 0 Å². The van der Waals surface area contributed by atoms with Crippen molar-refractivity contribution in [1.82, 2.24) is 4.90 Å². The Labute approximate surface area is 123 Å². The fraction of sp³-hybridized carbons (Fsp3) is 0.176. The molecule has 0 saturated carbocycles. The maximum Gasteiger partial charge on any atom is 0.262 e. The summed E-state index contributed by atoms with van der Waals surface area (Å²) in [5.41, 5.74) is 6.86. The van der Waals surface area contributed by atoms with Gasteiger partial charge in [0.05, 0.1) is 0 Å². The molecule has 0 radical (unpaired) electrons. The highest BCUT2D eigenvalue weighted by Crippen LogP contribution is 2.35. The highest BCUT2D eigenvalue weighted by Gasteiger charge is 2.47. The summed E-state index contributed by atoms with van der Waals surface area (Å²) >= 11 is 0. The molecule has 2 N–H and O–H groups in total. The number of nitrogens with zero attached hydrogens (tertiary/aromatic N) is 2. The van der Waals surface area contributed by atoms with Crippen molar-refractivity contribution in [3.63, 3.8) is 0 Å². The van der Waals surface area contributed by atoms with Crippen molar-refractivity contribution in [2.45, 2.75) is 12.0 Å². The predicted octanol–water partition coefficient (Wildman–Crippen LogP) is 1.91. The number of likely N-dealkylation sites (N-methyl/N-ethyl adjacent to an activating group) is 1. The maximum atomic E-state index is 12.8. The Morgan fingerprint density at radius 1 is 1.05 bits per heavy atom. The van der Waals surface area contributed by atoms with Crippen LogP contribution in [0.2, 0.25) is 0 Å². The van der Waals surface area contributed by atoms with E-state index >= 15 is 0 Å². The van der Waals surface area contributed by atoms with Crippen molar-refractivity contribution < 1.29 is 4.79 Å². The number of carbonyl (C=O) groups is 1. The summed E-state index contributed by atoms with van der Waals surface area (Å²) in [7, 11) is 1.66. The molecule has 1 unspecified atom stereocenters. The van der Waals surface area contributed by atoms with Crippen molar-refractivity contribution >= 4 is 11.9 Å². The first-order chi connectivity index (χ1) is 10.1. The number of nitrogens with two attached hydrogens (primary N) is 1. The second-order valence-corrected chi connectivity index (χ2v) is 5.22. The summed E-state index contributed by atoms with van der Waals surface area (Å²) in [6, 6.07) is 19.5. The van der Waals surface area contributed by atoms with Crippen LogP contribution >= 0.6 is 0 Å². The van der Waals surface area contributed by atoms with Crippen molar-refractivity contribution in [3.8, 4) is 0 Å². The van der Waals surface area contributed by atoms with Gasteiger partial charge in [0.15, 0.2) is 11.5 Å². The lowest BCUT2D eigenvalue weighted by Crippen LogP contribution is -2.41. The summed E-state index contributed by atoms with van der Waals surface area (Å²) in [4.78, 5) is 18.7. The van der Waals surface area contributed by atoms with Gasteiger partial charge in [-0.25, -0.2) is 4.99 Å². The molecule has 21 heavy (non-hydrogen) atoms. The number of rotatable bonds is 3. The van der Waals surface area contributed by atoms with Crippen molar-refractivity contribution in [3.05, 3.63) is 71.8 Å². The quantitative estimate of drug-likeness (QED) is 0.933. The third-order valence-electron chi connectivity index (χ3n) is 3.86. The minimum Gasteiger partial charge on any atom is -0.369 e. The Morgan fingerprint density at radius 3 is 2.14 bits per heavy atom. The molecule has 106 valence electrons. The van der Waals surface area contributed by atoms with Gasteiger partial charge < -0.3 is 5.73 Å². The van der Waals surface area contributed by atoms with Crippen LogP contribution < -0.4 is 5.73 Å². The van der Waals surface area contributed by atoms with Crippen LogP contribution in [0.3, 0.4) is 0 Å². The Hall–Kier alpha value is -2.62. The van der Waals surface area contributed by atoms with E-state index in [4.69, 9.17) is 5.73 Å². The van der Waals surface area contributed by atoms with Gasteiger partial charge in [0.1, 0.15) is 0 Å². The number of amides is 1. The lowest BCUT2D eigenvalue weighted by Gasteiger charge is -2.25. The van der Waals surface area contributed by atoms with E-state index < -0.39 is 5.54 Å². The monoisotopic (exact) mass is 279 g/mol. The molecule has 2 aromatic carbocycles. The fourth-order valence-corrected chi connectivity index (χ4v) is 2.71. The normalized spacial score (nSPS) is 21.5. The van der Waals surface area contributed by atoms with E-state index in [1.165, 1.54) is 4.90 Å². The molecule has 1 heterocycles. The zero-order valence-electron chi connectivity index (χ0n) is 11.9. The van der Waals surface area contributed by atoms with Crippen LogP contribution in [0.15, 0.2) is 65.7 Å². The third kappa shape index (κ3) is 2.18. The second-order valence-electron chi connectivity index (χ2n) is 5.22. The lowest BCUT2D eigenvalue weighted by atomic mass is 9.84. The van der Waals surface area contributed by atoms with E-state index in [0.717, 1.165) is 11.1 Å². The number of hydrogen-bond acceptors (Lipinski definition) is 3. The van der Waals surface area contributed by atoms with Gasteiger partial charge >= 0.3 is 0 Å². The summed E-state index contributed by atoms with van der Waals surface area (Å²) < 4.78 is 0. The fourth-order valence-electron chi connectivity index (χ4n) is 2.71. The average molecular weight is 279 g/mol. The molecular weight excluding hydrogens is 262 g/mol. The Kier molecular flexibility index (Phi) is 3.22. The first-order valence-electron chi connectivity index (χ1n) is 6.86. The van der Waals surface area contributed by atoms with Gasteiger partial charge in [-0.1, -0.05) is 60.7 Å². The van der Waals surface area contributed by atoms with Crippen LogP contribution in [0.1, 0.15) is 11.1 Å². The molecule has 0 bridgehead atoms. The van der Waals surface area contributed by atoms with Crippen LogP contribution in [0.25, 0.3) is 0 Å². The molecule has 1 atom stereocenters. The van der Waals surface area contributed by atoms with E-state index in [-0.39, 0.29) is 11.9 Å². The summed E-state index contributed by atoms with van der Waals surface area (Å²) in [5.74, 6) is 0.176. The zero-order chi connectivity index (χ0) is 14.9. The number of aliphatic imine (C=N–C) groups is 1. The zero-order valence-corrected chi connectivity index (χ0v) is 11.9. The lowest BCUT2D eigenvalue weighted by molar-refractivity contribution is -0.130. The number of hydrogen-bond donors (Lipinski definition) is 1. The highest BCUT2D eigenvalue weighted by molar-refractivity contribution is 6.07. The number of guanidine groups is 1. The van der Waals surface area contributed by atoms with Crippen LogP contribution in [0, 0.1) is 0 Å². The van der Waals surface area contributed by atoms with Crippen LogP contribution in [-0.4, -0.2) is 23.8 Å². The Balaban J connectivity index is 2.11. The minimum absolute atomic E-state index is 0.0879. The van der Waals surface area contributed by atoms with E-state index in [1.807, 2.05) is 60.7 Å². The molecule has 1 aliphatic rings. The first kappa shape index (κ1) is 13.4. The second kappa shape index (κ2) is 5.05. The van der Waals surface area contributed by atoms with Crippen LogP contribution in [0.5, 0.6) is 0 Å². The predicted molar refractivity (Wildman–Crippen MR) is 82.7 cm³/mol. The van der Waals surface area contributed by atoms with E-state index in [9.17, 15) is 4.79 Å². The molecule has 3 rings (SSSR count). The van der Waals surface area contributed by atoms with Gasteiger partial charge in [-0.2, -0.15) is 0 Å². The highest BCUT2D eigenvalue weighted by atomic mass is 16.2. The smallest absolute Gasteiger partial charge is 0.262 e. The van der Waals surface area contributed by atoms with E-state index in [2.05, 4.69) is 4.99 Å². The SMILES string of the molecule is CN1C(=O)C(Cc2ccccc2)(c2ccccc2)N=C1N. The molecule has 4 heteroatoms. The average Bonchev–Trinajstić information content (AvgIpc) is 2.74. The van der Waals surface area contributed by atoms with Crippen molar-refractivity contribution in [2.75, 3.05) is 7.05 Å². The molecule has 0 saturated heterocycles. The number of carbonyl (C=O) groups excluding carboxylic acids is 1. The van der Waals surface area contributed by atoms with Crippen LogP contribution in [0.4, 0.5) is 0 Å². The molecule has 1 aliphatic heterocycles. The molecule has 4 nitrogen and oxygen atoms in total. The largest absolute Gasteiger partial charge is 0.369 e. The molecule has 0 aliphatic carbocycles. The molecule has 0 fully saturated rings. The van der Waals surface area contributed by atoms with E-state index in [1.54, 1.807) is 7.05 Å². The molecule has 0 spiro atoms. The molecular formula is C17H17N3O. The topological polar surface area (TPSA) is 58.7 Å². The third-order valence-corrected chi connectivity index (χ3v) is 3.86. The van der Waals surface area contributed by atoms with Crippen LogP contribution in [-0.2, 0) is 16.8 Å². The van der Waals surface area contributed by atoms with Gasteiger partial charge in [0, 0.05) is 13.5 Å². The molecule has 2 aromatic rings. The Morgan fingerprint density at radius 2 is 1.62 bits per heavy atom. The number of benzene rings is 2. The molecule has 1 amide bonds. The first-order valence-corrected chi connectivity index (χ1v) is 6.86. The Bertz CT molecular complexity index is 682. The standard InChI is InChI=1S/C17H17N3O/c1-20-15(21)17(19-16(20)18,14-10-6-3-7-11-14)12-13-8-4-2-5-9-13/h2-11H,12H2,1H3,(H2,18,19). The molecule has 0 aromatic heterocycles. The van der Waals surface area contributed by atoms with Gasteiger partial charge in [-0.15, -0.1) is 0 Å². The van der Waals surface area contributed by atoms with Crippen molar-refractivity contribution in [2.24, 2.45) is 10.7 Å². The van der Waals surface area contributed by atoms with Gasteiger partial charge in [-0.05, 0) is 11.1 Å². The summed E-state index contributed by atoms with van der Waals surface area (Å²) in [6.45, 7) is 0. The minimum atomic E-state index is -0.957. The van der Waals surface area contributed by atoms with Gasteiger partial charge in [-0.3, -0.25) is 9.69 Å². The summed E-state index contributed by atoms with van der Waals surface area (Å²) in [5, 5.41) is 0. The van der Waals surface area contributed by atoms with Gasteiger partial charge in [0.25, 0.3) is 5.91 Å². The summed E-state index contributed by atoms with van der Waals surface area (Å²) in [6.07, 6.45) is 0.502. The maximum absolute atomic E-state index is 12.8.